The molecule has 28 heavy (non-hydrogen) atoms. The average molecular weight is 560 g/mol. The third-order valence-electron chi connectivity index (χ3n) is 4.70. The lowest BCUT2D eigenvalue weighted by Crippen LogP contribution is -2.44. The Morgan fingerprint density at radius 2 is 2.18 bits per heavy atom. The van der Waals surface area contributed by atoms with E-state index in [1.54, 1.807) is 0 Å². The zero-order valence-electron chi connectivity index (χ0n) is 16.2. The Bertz CT molecular complexity index is 820. The second-order valence-electron chi connectivity index (χ2n) is 6.58. The number of aryl methyl sites for hydroxylation is 1. The van der Waals surface area contributed by atoms with Crippen LogP contribution in [0.5, 0.6) is 0 Å². The number of nitrogens with zero attached hydrogens (tertiary/aromatic N) is 5. The van der Waals surface area contributed by atoms with Crippen molar-refractivity contribution in [3.05, 3.63) is 53.0 Å². The predicted molar refractivity (Wildman–Crippen MR) is 128 cm³/mol. The molecule has 0 saturated carbocycles. The average Bonchev–Trinajstić information content (AvgIpc) is 3.25. The summed E-state index contributed by atoms with van der Waals surface area (Å²) in [6.45, 7) is 8.79. The van der Waals surface area contributed by atoms with Gasteiger partial charge in [0.05, 0.1) is 5.69 Å². The number of hydrogen-bond acceptors (Lipinski definition) is 4. The first-order valence-electron chi connectivity index (χ1n) is 9.08. The normalized spacial score (nSPS) is 16.6. The topological polar surface area (TPSA) is 70.4 Å². The number of aromatic nitrogens is 3. The van der Waals surface area contributed by atoms with E-state index < -0.39 is 0 Å². The highest BCUT2D eigenvalue weighted by Crippen LogP contribution is 2.28. The number of para-hydroxylation sites is 1. The molecule has 7 nitrogen and oxygen atoms in total. The molecule has 1 aliphatic heterocycles. The second-order valence-corrected chi connectivity index (χ2v) is 7.44. The van der Waals surface area contributed by atoms with Gasteiger partial charge in [0, 0.05) is 37.2 Å². The first-order chi connectivity index (χ1) is 13.1. The van der Waals surface area contributed by atoms with Crippen molar-refractivity contribution in [3.63, 3.8) is 0 Å². The smallest absolute Gasteiger partial charge is 0.192 e. The quantitative estimate of drug-likeness (QED) is 0.246. The maximum absolute atomic E-state index is 4.68. The van der Waals surface area contributed by atoms with Gasteiger partial charge in [0.15, 0.2) is 11.8 Å². The molecule has 2 aromatic rings. The van der Waals surface area contributed by atoms with E-state index in [0.717, 1.165) is 41.6 Å². The third-order valence-corrected chi connectivity index (χ3v) is 5.37. The third kappa shape index (κ3) is 5.69. The molecule has 0 bridgehead atoms. The summed E-state index contributed by atoms with van der Waals surface area (Å²) >= 11 is 3.65. The van der Waals surface area contributed by atoms with Crippen LogP contribution >= 0.6 is 39.9 Å². The molecular formula is C19H27BrIN7. The Kier molecular flexibility index (Phi) is 8.74. The van der Waals surface area contributed by atoms with Gasteiger partial charge in [-0.15, -0.1) is 40.8 Å². The number of aliphatic imine (C=N–C) groups is 1. The molecule has 0 radical (unpaired) electrons. The summed E-state index contributed by atoms with van der Waals surface area (Å²) in [5, 5.41) is 15.1. The lowest BCUT2D eigenvalue weighted by atomic mass is 10.3. The highest BCUT2D eigenvalue weighted by molar-refractivity contribution is 14.0. The van der Waals surface area contributed by atoms with Gasteiger partial charge in [0.1, 0.15) is 12.4 Å². The SMILES string of the molecule is C=CCNC(=NCc1nnc(C)n1C)NC1CCN(c2ccccc2Br)C1.I. The Balaban J connectivity index is 0.00000280. The molecule has 1 fully saturated rings. The van der Waals surface area contributed by atoms with Crippen LogP contribution in [0.4, 0.5) is 5.69 Å². The van der Waals surface area contributed by atoms with Gasteiger partial charge in [0.2, 0.25) is 0 Å². The molecule has 152 valence electrons. The number of rotatable bonds is 6. The van der Waals surface area contributed by atoms with E-state index >= 15 is 0 Å². The molecule has 9 heteroatoms. The number of anilines is 1. The van der Waals surface area contributed by atoms with Gasteiger partial charge >= 0.3 is 0 Å². The Morgan fingerprint density at radius 1 is 1.39 bits per heavy atom. The van der Waals surface area contributed by atoms with Crippen molar-refractivity contribution >= 4 is 51.6 Å². The molecule has 0 aliphatic carbocycles. The van der Waals surface area contributed by atoms with Crippen molar-refractivity contribution in [2.45, 2.75) is 25.9 Å². The first kappa shape index (κ1) is 22.7. The van der Waals surface area contributed by atoms with E-state index in [0.29, 0.717) is 19.1 Å². The minimum atomic E-state index is 0. The van der Waals surface area contributed by atoms with Gasteiger partial charge in [-0.05, 0) is 41.4 Å². The van der Waals surface area contributed by atoms with Crippen molar-refractivity contribution in [3.8, 4) is 0 Å². The van der Waals surface area contributed by atoms with Crippen LogP contribution in [0.2, 0.25) is 0 Å². The Labute approximate surface area is 191 Å². The standard InChI is InChI=1S/C19H26BrN7.HI/c1-4-10-21-19(22-12-18-25-24-14(2)26(18)3)23-15-9-11-27(13-15)17-8-6-5-7-16(17)20;/h4-8,15H,1,9-13H2,2-3H3,(H2,21,22,23);1H. The number of benzene rings is 1. The fourth-order valence-electron chi connectivity index (χ4n) is 3.06. The molecule has 3 rings (SSSR count). The van der Waals surface area contributed by atoms with E-state index in [-0.39, 0.29) is 24.0 Å². The molecule has 1 unspecified atom stereocenters. The number of hydrogen-bond donors (Lipinski definition) is 2. The molecule has 0 amide bonds. The van der Waals surface area contributed by atoms with Gasteiger partial charge in [0.25, 0.3) is 0 Å². The molecular weight excluding hydrogens is 533 g/mol. The minimum absolute atomic E-state index is 0. The van der Waals surface area contributed by atoms with Crippen LogP contribution in [0, 0.1) is 6.92 Å². The molecule has 1 saturated heterocycles. The van der Waals surface area contributed by atoms with E-state index in [1.165, 1.54) is 5.69 Å². The fraction of sp³-hybridized carbons (Fsp3) is 0.421. The summed E-state index contributed by atoms with van der Waals surface area (Å²) in [4.78, 5) is 7.07. The largest absolute Gasteiger partial charge is 0.368 e. The fourth-order valence-corrected chi connectivity index (χ4v) is 3.59. The van der Waals surface area contributed by atoms with E-state index in [2.05, 4.69) is 71.4 Å². The van der Waals surface area contributed by atoms with Gasteiger partial charge < -0.3 is 20.1 Å². The molecule has 1 aliphatic rings. The predicted octanol–water partition coefficient (Wildman–Crippen LogP) is 3.00. The van der Waals surface area contributed by atoms with Crippen molar-refractivity contribution < 1.29 is 0 Å². The summed E-state index contributed by atoms with van der Waals surface area (Å²) < 4.78 is 3.08. The monoisotopic (exact) mass is 559 g/mol. The molecule has 1 aromatic heterocycles. The zero-order chi connectivity index (χ0) is 19.2. The highest BCUT2D eigenvalue weighted by Gasteiger charge is 2.24. The van der Waals surface area contributed by atoms with E-state index in [1.807, 2.05) is 30.7 Å². The van der Waals surface area contributed by atoms with Crippen LogP contribution in [0.15, 0.2) is 46.4 Å². The van der Waals surface area contributed by atoms with Crippen LogP contribution in [0.3, 0.4) is 0 Å². The molecule has 2 N–H and O–H groups in total. The summed E-state index contributed by atoms with van der Waals surface area (Å²) in [7, 11) is 1.96. The summed E-state index contributed by atoms with van der Waals surface area (Å²) in [5.41, 5.74) is 1.23. The van der Waals surface area contributed by atoms with Gasteiger partial charge in [-0.1, -0.05) is 18.2 Å². The van der Waals surface area contributed by atoms with Crippen molar-refractivity contribution in [1.82, 2.24) is 25.4 Å². The summed E-state index contributed by atoms with van der Waals surface area (Å²) in [6.07, 6.45) is 2.88. The Hall–Kier alpha value is -1.62. The van der Waals surface area contributed by atoms with Crippen LogP contribution in [0.25, 0.3) is 0 Å². The number of guanidine groups is 1. The zero-order valence-corrected chi connectivity index (χ0v) is 20.1. The molecule has 1 atom stereocenters. The Morgan fingerprint density at radius 3 is 2.86 bits per heavy atom. The molecule has 2 heterocycles. The van der Waals surface area contributed by atoms with Crippen LogP contribution in [-0.2, 0) is 13.6 Å². The lowest BCUT2D eigenvalue weighted by Gasteiger charge is -2.21. The minimum Gasteiger partial charge on any atom is -0.368 e. The van der Waals surface area contributed by atoms with E-state index in [4.69, 9.17) is 0 Å². The second kappa shape index (κ2) is 10.8. The molecule has 1 aromatic carbocycles. The van der Waals surface area contributed by atoms with Gasteiger partial charge in [-0.25, -0.2) is 4.99 Å². The van der Waals surface area contributed by atoms with E-state index in [9.17, 15) is 0 Å². The maximum atomic E-state index is 4.68. The van der Waals surface area contributed by atoms with Gasteiger partial charge in [-0.2, -0.15) is 0 Å². The number of nitrogens with one attached hydrogen (secondary N) is 2. The van der Waals surface area contributed by atoms with Crippen molar-refractivity contribution in [2.75, 3.05) is 24.5 Å². The van der Waals surface area contributed by atoms with Crippen LogP contribution in [0.1, 0.15) is 18.1 Å². The van der Waals surface area contributed by atoms with Crippen LogP contribution in [-0.4, -0.2) is 46.4 Å². The molecule has 0 spiro atoms. The first-order valence-corrected chi connectivity index (χ1v) is 9.88. The van der Waals surface area contributed by atoms with Crippen LogP contribution < -0.4 is 15.5 Å². The van der Waals surface area contributed by atoms with Crippen molar-refractivity contribution in [1.29, 1.82) is 0 Å². The highest BCUT2D eigenvalue weighted by atomic mass is 127. The van der Waals surface area contributed by atoms with Crippen molar-refractivity contribution in [2.24, 2.45) is 12.0 Å². The lowest BCUT2D eigenvalue weighted by molar-refractivity contribution is 0.649. The summed E-state index contributed by atoms with van der Waals surface area (Å²) in [6, 6.07) is 8.67. The summed E-state index contributed by atoms with van der Waals surface area (Å²) in [5.74, 6) is 2.50. The number of halogens is 2. The maximum Gasteiger partial charge on any atom is 0.192 e. The van der Waals surface area contributed by atoms with Gasteiger partial charge in [-0.3, -0.25) is 0 Å².